The molecule has 3 atom stereocenters. The van der Waals surface area contributed by atoms with Crippen LogP contribution in [0.3, 0.4) is 0 Å². The van der Waals surface area contributed by atoms with Gasteiger partial charge in [-0.2, -0.15) is 0 Å². The van der Waals surface area contributed by atoms with E-state index in [-0.39, 0.29) is 12.1 Å². The molecule has 1 aliphatic carbocycles. The van der Waals surface area contributed by atoms with Gasteiger partial charge in [0, 0.05) is 55.6 Å². The van der Waals surface area contributed by atoms with Gasteiger partial charge in [-0.15, -0.1) is 0 Å². The molecule has 0 bridgehead atoms. The largest absolute Gasteiger partial charge is 0.341 e. The van der Waals surface area contributed by atoms with Crippen molar-refractivity contribution in [2.45, 2.75) is 44.7 Å². The van der Waals surface area contributed by atoms with Crippen LogP contribution in [-0.2, 0) is 13.5 Å². The van der Waals surface area contributed by atoms with Crippen molar-refractivity contribution in [1.29, 1.82) is 0 Å². The first kappa shape index (κ1) is 19.0. The Balaban J connectivity index is 1.69. The minimum atomic E-state index is 0.0273. The SMILES string of the molecule is CCN(CC)C(=O)N[C@H]1CC2c3cccc4c3c(c(C=O)n4C)C[C@H]2N(C)C1. The van der Waals surface area contributed by atoms with Crippen LogP contribution < -0.4 is 5.32 Å². The van der Waals surface area contributed by atoms with Gasteiger partial charge in [0.2, 0.25) is 0 Å². The lowest BCUT2D eigenvalue weighted by atomic mass is 9.73. The molecule has 0 radical (unpaired) electrons. The average molecular weight is 383 g/mol. The van der Waals surface area contributed by atoms with Crippen molar-refractivity contribution < 1.29 is 9.59 Å². The lowest BCUT2D eigenvalue weighted by molar-refractivity contribution is 0.110. The van der Waals surface area contributed by atoms with Crippen molar-refractivity contribution in [2.75, 3.05) is 26.7 Å². The Labute approximate surface area is 166 Å². The predicted octanol–water partition coefficient (Wildman–Crippen LogP) is 2.75. The third-order valence-corrected chi connectivity index (χ3v) is 6.79. The standard InChI is InChI=1S/C22H30N4O2/c1-5-26(6-2)22(28)23-14-10-16-15-8-7-9-18-21(15)17(20(13-27)25(18)4)11-19(16)24(3)12-14/h7-9,13-14,16,19H,5-6,10-12H2,1-4H3,(H,23,28)/t14-,16?,19+/m0/s1. The monoisotopic (exact) mass is 382 g/mol. The molecule has 0 spiro atoms. The van der Waals surface area contributed by atoms with Gasteiger partial charge in [-0.05, 0) is 50.9 Å². The maximum absolute atomic E-state index is 12.6. The molecule has 1 aliphatic heterocycles. The Morgan fingerprint density at radius 1 is 1.29 bits per heavy atom. The van der Waals surface area contributed by atoms with Crippen molar-refractivity contribution >= 4 is 23.2 Å². The average Bonchev–Trinajstić information content (AvgIpc) is 2.96. The predicted molar refractivity (Wildman–Crippen MR) is 111 cm³/mol. The van der Waals surface area contributed by atoms with Crippen molar-refractivity contribution in [3.05, 3.63) is 35.0 Å². The maximum Gasteiger partial charge on any atom is 0.317 e. The van der Waals surface area contributed by atoms with Crippen LogP contribution in [-0.4, -0.2) is 65.4 Å². The number of amides is 2. The number of aldehydes is 1. The molecular weight excluding hydrogens is 352 g/mol. The van der Waals surface area contributed by atoms with Crippen LogP contribution in [0.25, 0.3) is 10.9 Å². The molecule has 1 fully saturated rings. The van der Waals surface area contributed by atoms with Gasteiger partial charge >= 0.3 is 6.03 Å². The van der Waals surface area contributed by atoms with Gasteiger partial charge in [0.25, 0.3) is 0 Å². The topological polar surface area (TPSA) is 57.6 Å². The zero-order valence-electron chi connectivity index (χ0n) is 17.2. The molecule has 4 rings (SSSR count). The van der Waals surface area contributed by atoms with Gasteiger partial charge in [0.15, 0.2) is 6.29 Å². The second-order valence-corrected chi connectivity index (χ2v) is 8.15. The second-order valence-electron chi connectivity index (χ2n) is 8.15. The Morgan fingerprint density at radius 3 is 2.71 bits per heavy atom. The van der Waals surface area contributed by atoms with E-state index in [1.807, 2.05) is 30.4 Å². The molecule has 28 heavy (non-hydrogen) atoms. The summed E-state index contributed by atoms with van der Waals surface area (Å²) in [5, 5.41) is 4.50. The summed E-state index contributed by atoms with van der Waals surface area (Å²) in [6.45, 7) is 6.30. The minimum absolute atomic E-state index is 0.0273. The van der Waals surface area contributed by atoms with Crippen LogP contribution in [0, 0.1) is 0 Å². The fourth-order valence-corrected chi connectivity index (χ4v) is 5.34. The summed E-state index contributed by atoms with van der Waals surface area (Å²) in [4.78, 5) is 28.5. The lowest BCUT2D eigenvalue weighted by Crippen LogP contribution is -2.56. The number of fused-ring (bicyclic) bond motifs is 2. The van der Waals surface area contributed by atoms with E-state index in [4.69, 9.17) is 0 Å². The molecule has 6 heteroatoms. The summed E-state index contributed by atoms with van der Waals surface area (Å²) in [6, 6.07) is 6.92. The van der Waals surface area contributed by atoms with Crippen LogP contribution in [0.1, 0.15) is 47.8 Å². The molecule has 2 aromatic rings. The molecule has 1 aromatic carbocycles. The first-order chi connectivity index (χ1) is 13.5. The summed E-state index contributed by atoms with van der Waals surface area (Å²) in [7, 11) is 4.12. The van der Waals surface area contributed by atoms with E-state index >= 15 is 0 Å². The number of likely N-dealkylation sites (N-methyl/N-ethyl adjacent to an activating group) is 1. The van der Waals surface area contributed by atoms with Crippen LogP contribution in [0.15, 0.2) is 18.2 Å². The summed E-state index contributed by atoms with van der Waals surface area (Å²) in [5.41, 5.74) is 4.43. The quantitative estimate of drug-likeness (QED) is 0.828. The fraction of sp³-hybridized carbons (Fsp3) is 0.545. The number of likely N-dealkylation sites (tertiary alicyclic amines) is 1. The summed E-state index contributed by atoms with van der Waals surface area (Å²) >= 11 is 0. The van der Waals surface area contributed by atoms with Gasteiger partial charge in [-0.1, -0.05) is 12.1 Å². The van der Waals surface area contributed by atoms with E-state index in [0.29, 0.717) is 12.0 Å². The number of carbonyl (C=O) groups excluding carboxylic acids is 2. The summed E-state index contributed by atoms with van der Waals surface area (Å²) < 4.78 is 2.03. The number of carbonyl (C=O) groups is 2. The van der Waals surface area contributed by atoms with E-state index in [0.717, 1.165) is 50.0 Å². The zero-order chi connectivity index (χ0) is 20.0. The normalized spacial score (nSPS) is 24.1. The highest BCUT2D eigenvalue weighted by Gasteiger charge is 2.41. The van der Waals surface area contributed by atoms with Gasteiger partial charge in [-0.3, -0.25) is 4.79 Å². The van der Waals surface area contributed by atoms with Crippen molar-refractivity contribution in [1.82, 2.24) is 19.7 Å². The molecule has 6 nitrogen and oxygen atoms in total. The van der Waals surface area contributed by atoms with Gasteiger partial charge < -0.3 is 19.7 Å². The molecule has 2 amide bonds. The third kappa shape index (κ3) is 2.82. The second kappa shape index (κ2) is 7.24. The Hall–Kier alpha value is -2.34. The van der Waals surface area contributed by atoms with Gasteiger partial charge in [0.05, 0.1) is 5.69 Å². The molecule has 1 unspecified atom stereocenters. The number of urea groups is 1. The summed E-state index contributed by atoms with van der Waals surface area (Å²) in [5.74, 6) is 0.360. The molecular formula is C22H30N4O2. The minimum Gasteiger partial charge on any atom is -0.341 e. The van der Waals surface area contributed by atoms with Crippen molar-refractivity contribution in [2.24, 2.45) is 7.05 Å². The van der Waals surface area contributed by atoms with Crippen molar-refractivity contribution in [3.8, 4) is 0 Å². The highest BCUT2D eigenvalue weighted by molar-refractivity contribution is 5.96. The smallest absolute Gasteiger partial charge is 0.317 e. The first-order valence-electron chi connectivity index (χ1n) is 10.3. The van der Waals surface area contributed by atoms with Crippen LogP contribution in [0.2, 0.25) is 0 Å². The van der Waals surface area contributed by atoms with Crippen LogP contribution in [0.5, 0.6) is 0 Å². The molecule has 1 aromatic heterocycles. The van der Waals surface area contributed by atoms with E-state index in [1.165, 1.54) is 16.5 Å². The molecule has 1 saturated heterocycles. The van der Waals surface area contributed by atoms with E-state index in [1.54, 1.807) is 0 Å². The zero-order valence-corrected chi connectivity index (χ0v) is 17.2. The highest BCUT2D eigenvalue weighted by Crippen LogP contribution is 2.44. The van der Waals surface area contributed by atoms with E-state index in [2.05, 4.69) is 35.5 Å². The Bertz CT molecular complexity index is 915. The number of benzene rings is 1. The van der Waals surface area contributed by atoms with E-state index < -0.39 is 0 Å². The third-order valence-electron chi connectivity index (χ3n) is 6.79. The van der Waals surface area contributed by atoms with Crippen molar-refractivity contribution in [3.63, 3.8) is 0 Å². The molecule has 150 valence electrons. The number of hydrogen-bond acceptors (Lipinski definition) is 3. The van der Waals surface area contributed by atoms with Gasteiger partial charge in [0.1, 0.15) is 0 Å². The first-order valence-corrected chi connectivity index (χ1v) is 10.3. The highest BCUT2D eigenvalue weighted by atomic mass is 16.2. The molecule has 2 aliphatic rings. The number of hydrogen-bond donors (Lipinski definition) is 1. The molecule has 2 heterocycles. The number of aryl methyl sites for hydroxylation is 1. The Kier molecular flexibility index (Phi) is 4.91. The summed E-state index contributed by atoms with van der Waals surface area (Å²) in [6.07, 6.45) is 2.82. The van der Waals surface area contributed by atoms with Crippen LogP contribution >= 0.6 is 0 Å². The number of aromatic nitrogens is 1. The number of nitrogens with one attached hydrogen (secondary N) is 1. The van der Waals surface area contributed by atoms with Crippen LogP contribution in [0.4, 0.5) is 4.79 Å². The van der Waals surface area contributed by atoms with Gasteiger partial charge in [-0.25, -0.2) is 4.79 Å². The Morgan fingerprint density at radius 2 is 2.04 bits per heavy atom. The number of nitrogens with zero attached hydrogens (tertiary/aromatic N) is 3. The molecule has 0 saturated carbocycles. The lowest BCUT2D eigenvalue weighted by Gasteiger charge is -2.46. The fourth-order valence-electron chi connectivity index (χ4n) is 5.34. The number of piperidine rings is 1. The molecule has 1 N–H and O–H groups in total. The number of rotatable bonds is 4. The van der Waals surface area contributed by atoms with E-state index in [9.17, 15) is 9.59 Å². The maximum atomic E-state index is 12.6.